The minimum atomic E-state index is -0.522. The fourth-order valence-electron chi connectivity index (χ4n) is 2.51. The number of hydrogen-bond donors (Lipinski definition) is 2. The van der Waals surface area contributed by atoms with E-state index in [2.05, 4.69) is 15.3 Å². The van der Waals surface area contributed by atoms with Gasteiger partial charge < -0.3 is 10.3 Å². The Hall–Kier alpha value is -2.57. The lowest BCUT2D eigenvalue weighted by atomic mass is 10.2. The van der Waals surface area contributed by atoms with Crippen molar-refractivity contribution in [2.45, 2.75) is 25.4 Å². The van der Waals surface area contributed by atoms with Gasteiger partial charge in [0.25, 0.3) is 11.5 Å². The third-order valence-corrected chi connectivity index (χ3v) is 5.36. The van der Waals surface area contributed by atoms with Crippen LogP contribution < -0.4 is 10.9 Å². The molecule has 0 saturated carbocycles. The lowest BCUT2D eigenvalue weighted by Crippen LogP contribution is -2.30. The Bertz CT molecular complexity index is 1070. The van der Waals surface area contributed by atoms with E-state index in [-0.39, 0.29) is 17.7 Å². The Labute approximate surface area is 151 Å². The van der Waals surface area contributed by atoms with E-state index < -0.39 is 11.5 Å². The third-order valence-electron chi connectivity index (χ3n) is 3.73. The molecule has 128 valence electrons. The van der Waals surface area contributed by atoms with E-state index in [1.54, 1.807) is 17.6 Å². The maximum atomic E-state index is 12.4. The summed E-state index contributed by atoms with van der Waals surface area (Å²) in [5.41, 5.74) is 1.38. The number of H-pyrrole nitrogens is 1. The SMILES string of the molecule is CSc1[nH]c(=O)c(C(=O)NCc2c(C)nc3sc(C)cn23)cc1C#N. The predicted molar refractivity (Wildman–Crippen MR) is 97.3 cm³/mol. The first-order chi connectivity index (χ1) is 11.9. The summed E-state index contributed by atoms with van der Waals surface area (Å²) in [6.07, 6.45) is 3.72. The second-order valence-electron chi connectivity index (χ2n) is 5.39. The third kappa shape index (κ3) is 3.18. The molecule has 0 aliphatic carbocycles. The fraction of sp³-hybridized carbons (Fsp3) is 0.250. The zero-order valence-corrected chi connectivity index (χ0v) is 15.5. The van der Waals surface area contributed by atoms with Gasteiger partial charge in [-0.25, -0.2) is 4.98 Å². The van der Waals surface area contributed by atoms with Gasteiger partial charge in [0.05, 0.1) is 28.5 Å². The Kier molecular flexibility index (Phi) is 4.65. The Morgan fingerprint density at radius 3 is 2.96 bits per heavy atom. The van der Waals surface area contributed by atoms with Crippen LogP contribution in [0.15, 0.2) is 22.1 Å². The highest BCUT2D eigenvalue weighted by molar-refractivity contribution is 7.98. The average molecular weight is 373 g/mol. The number of fused-ring (bicyclic) bond motifs is 1. The summed E-state index contributed by atoms with van der Waals surface area (Å²) in [5, 5.41) is 12.3. The van der Waals surface area contributed by atoms with Crippen LogP contribution in [0.4, 0.5) is 0 Å². The lowest BCUT2D eigenvalue weighted by Gasteiger charge is -2.07. The molecule has 1 amide bonds. The molecule has 0 fully saturated rings. The first-order valence-electron chi connectivity index (χ1n) is 7.38. The van der Waals surface area contributed by atoms with Crippen LogP contribution >= 0.6 is 23.1 Å². The zero-order chi connectivity index (χ0) is 18.1. The van der Waals surface area contributed by atoms with Crippen LogP contribution in [0, 0.1) is 25.2 Å². The van der Waals surface area contributed by atoms with Crippen LogP contribution in [0.3, 0.4) is 0 Å². The molecule has 0 aromatic carbocycles. The summed E-state index contributed by atoms with van der Waals surface area (Å²) < 4.78 is 1.94. The number of rotatable bonds is 4. The minimum Gasteiger partial charge on any atom is -0.346 e. The number of carbonyl (C=O) groups is 1. The molecule has 3 heterocycles. The largest absolute Gasteiger partial charge is 0.346 e. The summed E-state index contributed by atoms with van der Waals surface area (Å²) in [6, 6.07) is 3.32. The van der Waals surface area contributed by atoms with E-state index in [9.17, 15) is 9.59 Å². The number of thiazole rings is 1. The standard InChI is InChI=1S/C16H15N5O2S2/c1-8-7-21-12(9(2)19-16(21)25-8)6-18-13(22)11-4-10(5-17)15(24-3)20-14(11)23/h4,7H,6H2,1-3H3,(H,18,22)(H,20,23). The van der Waals surface area contributed by atoms with Crippen LogP contribution in [0.2, 0.25) is 0 Å². The predicted octanol–water partition coefficient (Wildman–Crippen LogP) is 2.22. The number of nitriles is 1. The zero-order valence-electron chi connectivity index (χ0n) is 13.8. The van der Waals surface area contributed by atoms with Crippen molar-refractivity contribution in [1.82, 2.24) is 19.7 Å². The highest BCUT2D eigenvalue weighted by Crippen LogP contribution is 2.20. The Morgan fingerprint density at radius 1 is 1.52 bits per heavy atom. The van der Waals surface area contributed by atoms with Crippen LogP contribution in [-0.4, -0.2) is 26.5 Å². The molecular formula is C16H15N5O2S2. The molecule has 25 heavy (non-hydrogen) atoms. The maximum absolute atomic E-state index is 12.4. The summed E-state index contributed by atoms with van der Waals surface area (Å²) in [5.74, 6) is -0.522. The van der Waals surface area contributed by atoms with Crippen LogP contribution in [0.25, 0.3) is 4.96 Å². The van der Waals surface area contributed by atoms with Crippen molar-refractivity contribution in [3.63, 3.8) is 0 Å². The van der Waals surface area contributed by atoms with Gasteiger partial charge in [0.1, 0.15) is 11.6 Å². The summed E-state index contributed by atoms with van der Waals surface area (Å²) in [4.78, 5) is 33.5. The topological polar surface area (TPSA) is 103 Å². The normalized spacial score (nSPS) is 10.8. The Morgan fingerprint density at radius 2 is 2.28 bits per heavy atom. The number of aryl methyl sites for hydroxylation is 2. The number of nitrogens with zero attached hydrogens (tertiary/aromatic N) is 3. The molecule has 9 heteroatoms. The number of amides is 1. The van der Waals surface area contributed by atoms with Crippen molar-refractivity contribution >= 4 is 34.0 Å². The molecular weight excluding hydrogens is 358 g/mol. The molecule has 7 nitrogen and oxygen atoms in total. The molecule has 2 N–H and O–H groups in total. The van der Waals surface area contributed by atoms with E-state index in [4.69, 9.17) is 5.26 Å². The molecule has 0 atom stereocenters. The molecule has 3 rings (SSSR count). The molecule has 0 unspecified atom stereocenters. The van der Waals surface area contributed by atoms with Gasteiger partial charge >= 0.3 is 0 Å². The molecule has 3 aromatic rings. The molecule has 0 aliphatic heterocycles. The molecule has 3 aromatic heterocycles. The number of carbonyl (C=O) groups excluding carboxylic acids is 1. The average Bonchev–Trinajstić information content (AvgIpc) is 3.07. The minimum absolute atomic E-state index is 0.0748. The fourth-order valence-corrected chi connectivity index (χ4v) is 3.92. The molecule has 0 spiro atoms. The lowest BCUT2D eigenvalue weighted by molar-refractivity contribution is 0.0948. The summed E-state index contributed by atoms with van der Waals surface area (Å²) in [7, 11) is 0. The number of aromatic amines is 1. The van der Waals surface area contributed by atoms with Crippen molar-refractivity contribution < 1.29 is 4.79 Å². The maximum Gasteiger partial charge on any atom is 0.261 e. The van der Waals surface area contributed by atoms with E-state index in [0.717, 1.165) is 21.2 Å². The molecule has 0 saturated heterocycles. The second-order valence-corrected chi connectivity index (χ2v) is 7.42. The smallest absolute Gasteiger partial charge is 0.261 e. The second kappa shape index (κ2) is 6.74. The van der Waals surface area contributed by atoms with Crippen molar-refractivity contribution in [3.8, 4) is 6.07 Å². The quantitative estimate of drug-likeness (QED) is 0.683. The van der Waals surface area contributed by atoms with Gasteiger partial charge in [-0.3, -0.25) is 14.0 Å². The molecule has 0 bridgehead atoms. The van der Waals surface area contributed by atoms with E-state index in [1.165, 1.54) is 17.8 Å². The van der Waals surface area contributed by atoms with Gasteiger partial charge in [0.15, 0.2) is 4.96 Å². The Balaban J connectivity index is 1.86. The van der Waals surface area contributed by atoms with Crippen molar-refractivity contribution in [2.75, 3.05) is 6.26 Å². The van der Waals surface area contributed by atoms with E-state index in [1.807, 2.05) is 30.5 Å². The van der Waals surface area contributed by atoms with Crippen molar-refractivity contribution in [1.29, 1.82) is 5.26 Å². The van der Waals surface area contributed by atoms with E-state index in [0.29, 0.717) is 5.03 Å². The molecule has 0 radical (unpaired) electrons. The highest BCUT2D eigenvalue weighted by Gasteiger charge is 2.17. The highest BCUT2D eigenvalue weighted by atomic mass is 32.2. The monoisotopic (exact) mass is 373 g/mol. The number of pyridine rings is 1. The summed E-state index contributed by atoms with van der Waals surface area (Å²) in [6.45, 7) is 4.12. The van der Waals surface area contributed by atoms with Crippen LogP contribution in [0.5, 0.6) is 0 Å². The van der Waals surface area contributed by atoms with Gasteiger partial charge in [-0.1, -0.05) is 0 Å². The first kappa shape index (κ1) is 17.3. The van der Waals surface area contributed by atoms with Gasteiger partial charge in [0.2, 0.25) is 0 Å². The van der Waals surface area contributed by atoms with Gasteiger partial charge in [-0.05, 0) is 26.2 Å². The van der Waals surface area contributed by atoms with Gasteiger partial charge in [0, 0.05) is 11.1 Å². The van der Waals surface area contributed by atoms with Crippen LogP contribution in [-0.2, 0) is 6.54 Å². The number of aromatic nitrogens is 3. The first-order valence-corrected chi connectivity index (χ1v) is 9.42. The number of thioether (sulfide) groups is 1. The summed E-state index contributed by atoms with van der Waals surface area (Å²) >= 11 is 2.83. The van der Waals surface area contributed by atoms with E-state index >= 15 is 0 Å². The molecule has 0 aliphatic rings. The van der Waals surface area contributed by atoms with Crippen LogP contribution in [0.1, 0.15) is 32.2 Å². The van der Waals surface area contributed by atoms with Gasteiger partial charge in [-0.15, -0.1) is 23.1 Å². The number of hydrogen-bond acceptors (Lipinski definition) is 6. The van der Waals surface area contributed by atoms with Gasteiger partial charge in [-0.2, -0.15) is 5.26 Å². The van der Waals surface area contributed by atoms with Crippen molar-refractivity contribution in [3.05, 3.63) is 50.0 Å². The number of nitrogens with one attached hydrogen (secondary N) is 2. The number of imidazole rings is 1. The van der Waals surface area contributed by atoms with Crippen molar-refractivity contribution in [2.24, 2.45) is 0 Å².